The molecule has 1 aliphatic rings. The topological polar surface area (TPSA) is 9.72 Å². The molecule has 3 nitrogen and oxygen atoms in total. The number of hydrogen-bond donors (Lipinski definition) is 0. The Morgan fingerprint density at radius 2 is 0.611 bits per heavy atom. The van der Waals surface area contributed by atoms with Crippen LogP contribution in [0, 0.1) is 0 Å². The molecule has 0 aliphatic carbocycles. The van der Waals surface area contributed by atoms with Crippen LogP contribution in [0.15, 0.2) is 0 Å². The van der Waals surface area contributed by atoms with Gasteiger partial charge in [-0.2, -0.15) is 0 Å². The summed E-state index contributed by atoms with van der Waals surface area (Å²) in [6.07, 6.45) is 0. The fourth-order valence-electron chi connectivity index (χ4n) is 2.03. The van der Waals surface area contributed by atoms with Gasteiger partial charge in [-0.3, -0.25) is 0 Å². The molecule has 0 N–H and O–H groups in total. The van der Waals surface area contributed by atoms with Crippen LogP contribution < -0.4 is 0 Å². The zero-order valence-corrected chi connectivity index (χ0v) is 18.2. The Balaban J connectivity index is 2.93. The van der Waals surface area contributed by atoms with Gasteiger partial charge in [0, 0.05) is 16.6 Å². The molecule has 18 heavy (non-hydrogen) atoms. The average Bonchev–Trinajstić information content (AvgIpc) is 2.13. The minimum Gasteiger partial charge on any atom is -0.327 e. The quantitative estimate of drug-likeness (QED) is 0.596. The fourth-order valence-corrected chi connectivity index (χ4v) is 13.8. The van der Waals surface area contributed by atoms with E-state index in [4.69, 9.17) is 0 Å². The molecular formula is C12H33N3Si3. The van der Waals surface area contributed by atoms with E-state index < -0.39 is 0 Å². The Kier molecular flexibility index (Phi) is 4.74. The molecule has 1 aliphatic heterocycles. The van der Waals surface area contributed by atoms with E-state index in [0.29, 0.717) is 16.6 Å². The van der Waals surface area contributed by atoms with Crippen molar-refractivity contribution in [3.05, 3.63) is 0 Å². The van der Waals surface area contributed by atoms with Crippen molar-refractivity contribution in [3.63, 3.8) is 0 Å². The Bertz CT molecular complexity index is 235. The van der Waals surface area contributed by atoms with Gasteiger partial charge in [-0.25, -0.2) is 0 Å². The standard InChI is InChI=1S/C12H33N3Si3/c1-10(2,3)13-16-14(11(4,5)6)18-15(17-13)12(7,8)9/h16-18H2,1-9H3. The monoisotopic (exact) mass is 303 g/mol. The lowest BCUT2D eigenvalue weighted by molar-refractivity contribution is 0.249. The molecule has 0 aromatic heterocycles. The van der Waals surface area contributed by atoms with Gasteiger partial charge < -0.3 is 12.7 Å². The van der Waals surface area contributed by atoms with Gasteiger partial charge in [0.1, 0.15) is 0 Å². The summed E-state index contributed by atoms with van der Waals surface area (Å²) in [6.45, 7) is 21.5. The van der Waals surface area contributed by atoms with Crippen molar-refractivity contribution in [2.24, 2.45) is 0 Å². The van der Waals surface area contributed by atoms with E-state index in [9.17, 15) is 0 Å². The van der Waals surface area contributed by atoms with Gasteiger partial charge in [0.15, 0.2) is 29.5 Å². The highest BCUT2D eigenvalue weighted by molar-refractivity contribution is 6.65. The van der Waals surface area contributed by atoms with E-state index >= 15 is 0 Å². The highest BCUT2D eigenvalue weighted by atomic mass is 28.4. The second-order valence-corrected chi connectivity index (χ2v) is 16.7. The first-order valence-electron chi connectivity index (χ1n) is 7.07. The molecule has 0 unspecified atom stereocenters. The lowest BCUT2D eigenvalue weighted by atomic mass is 10.1. The predicted octanol–water partition coefficient (Wildman–Crippen LogP) is 0.298. The molecular weight excluding hydrogens is 270 g/mol. The smallest absolute Gasteiger partial charge is 0.161 e. The maximum absolute atomic E-state index is 2.88. The minimum atomic E-state index is -0.213. The molecule has 0 spiro atoms. The minimum absolute atomic E-state index is 0.213. The number of rotatable bonds is 0. The summed E-state index contributed by atoms with van der Waals surface area (Å²) in [4.78, 5) is 0. The summed E-state index contributed by atoms with van der Waals surface area (Å²) in [5, 5.41) is 0. The third kappa shape index (κ3) is 4.28. The average molecular weight is 304 g/mol. The van der Waals surface area contributed by atoms with Crippen molar-refractivity contribution < 1.29 is 0 Å². The maximum Gasteiger partial charge on any atom is 0.161 e. The molecule has 0 bridgehead atoms. The van der Waals surface area contributed by atoms with Crippen LogP contribution in [0.1, 0.15) is 62.3 Å². The van der Waals surface area contributed by atoms with E-state index in [0.717, 1.165) is 0 Å². The van der Waals surface area contributed by atoms with Gasteiger partial charge in [0.2, 0.25) is 0 Å². The normalized spacial score (nSPS) is 26.5. The van der Waals surface area contributed by atoms with Gasteiger partial charge in [-0.05, 0) is 62.3 Å². The molecule has 0 amide bonds. The molecule has 1 fully saturated rings. The van der Waals surface area contributed by atoms with Gasteiger partial charge >= 0.3 is 0 Å². The predicted molar refractivity (Wildman–Crippen MR) is 90.4 cm³/mol. The highest BCUT2D eigenvalue weighted by Crippen LogP contribution is 2.24. The van der Waals surface area contributed by atoms with E-state index in [1.54, 1.807) is 0 Å². The van der Waals surface area contributed by atoms with Gasteiger partial charge in [-0.1, -0.05) is 0 Å². The van der Waals surface area contributed by atoms with Crippen LogP contribution in [0.4, 0.5) is 0 Å². The van der Waals surface area contributed by atoms with Crippen LogP contribution in [0.2, 0.25) is 0 Å². The van der Waals surface area contributed by atoms with Crippen LogP contribution in [0.25, 0.3) is 0 Å². The highest BCUT2D eigenvalue weighted by Gasteiger charge is 2.38. The third-order valence-corrected chi connectivity index (χ3v) is 15.2. The van der Waals surface area contributed by atoms with E-state index in [2.05, 4.69) is 75.0 Å². The molecule has 0 saturated carbocycles. The van der Waals surface area contributed by atoms with Crippen molar-refractivity contribution in [1.29, 1.82) is 0 Å². The molecule has 0 atom stereocenters. The zero-order valence-electron chi connectivity index (χ0n) is 14.0. The number of hydrogen-bond acceptors (Lipinski definition) is 3. The van der Waals surface area contributed by atoms with Gasteiger partial charge in [0.05, 0.1) is 0 Å². The van der Waals surface area contributed by atoms with Gasteiger partial charge in [-0.15, -0.1) is 0 Å². The van der Waals surface area contributed by atoms with Crippen LogP contribution in [0.5, 0.6) is 0 Å². The summed E-state index contributed by atoms with van der Waals surface area (Å²) >= 11 is 0. The Hall–Kier alpha value is 0.531. The molecule has 0 aromatic rings. The molecule has 108 valence electrons. The van der Waals surface area contributed by atoms with Gasteiger partial charge in [0.25, 0.3) is 0 Å². The molecule has 0 radical (unpaired) electrons. The molecule has 1 heterocycles. The zero-order chi connectivity index (χ0) is 14.4. The lowest BCUT2D eigenvalue weighted by Crippen LogP contribution is -2.71. The summed E-state index contributed by atoms with van der Waals surface area (Å²) in [5.74, 6) is 0. The molecule has 1 saturated heterocycles. The van der Waals surface area contributed by atoms with Crippen LogP contribution in [0.3, 0.4) is 0 Å². The van der Waals surface area contributed by atoms with E-state index in [-0.39, 0.29) is 29.5 Å². The molecule has 6 heteroatoms. The Morgan fingerprint density at radius 1 is 0.444 bits per heavy atom. The first-order valence-corrected chi connectivity index (χ1v) is 10.9. The van der Waals surface area contributed by atoms with Crippen LogP contribution >= 0.6 is 0 Å². The van der Waals surface area contributed by atoms with E-state index in [1.807, 2.05) is 0 Å². The molecule has 1 rings (SSSR count). The summed E-state index contributed by atoms with van der Waals surface area (Å²) < 4.78 is 8.62. The number of nitrogens with zero attached hydrogens (tertiary/aromatic N) is 3. The second kappa shape index (κ2) is 5.14. The molecule has 0 aromatic carbocycles. The summed E-state index contributed by atoms with van der Waals surface area (Å²) in [7, 11) is -0.640. The van der Waals surface area contributed by atoms with Crippen LogP contribution in [-0.4, -0.2) is 58.8 Å². The largest absolute Gasteiger partial charge is 0.327 e. The fraction of sp³-hybridized carbons (Fsp3) is 1.00. The first-order chi connectivity index (χ1) is 7.82. The SMILES string of the molecule is CC(C)(C)N1[SiH2]N(C(C)(C)C)[SiH2]N(C(C)(C)C)[SiH2]1. The third-order valence-electron chi connectivity index (χ3n) is 3.87. The Morgan fingerprint density at radius 3 is 0.722 bits per heavy atom. The van der Waals surface area contributed by atoms with Crippen molar-refractivity contribution in [3.8, 4) is 0 Å². The summed E-state index contributed by atoms with van der Waals surface area (Å²) in [5.41, 5.74) is 1.08. The lowest BCUT2D eigenvalue weighted by Gasteiger charge is -2.55. The first kappa shape index (κ1) is 16.6. The Labute approximate surface area is 121 Å². The van der Waals surface area contributed by atoms with Crippen molar-refractivity contribution in [2.45, 2.75) is 78.9 Å². The van der Waals surface area contributed by atoms with Crippen molar-refractivity contribution >= 4 is 29.5 Å². The maximum atomic E-state index is 2.88. The summed E-state index contributed by atoms with van der Waals surface area (Å²) in [6, 6.07) is 0. The second-order valence-electron chi connectivity index (χ2n) is 8.56. The van der Waals surface area contributed by atoms with Crippen molar-refractivity contribution in [2.75, 3.05) is 0 Å². The van der Waals surface area contributed by atoms with Crippen LogP contribution in [-0.2, 0) is 0 Å². The van der Waals surface area contributed by atoms with Crippen molar-refractivity contribution in [1.82, 2.24) is 12.7 Å². The van der Waals surface area contributed by atoms with E-state index in [1.165, 1.54) is 0 Å².